The highest BCUT2D eigenvalue weighted by Gasteiger charge is 2.52. The van der Waals surface area contributed by atoms with Crippen LogP contribution < -0.4 is 5.32 Å². The molecular formula is C14H17NO3S. The van der Waals surface area contributed by atoms with Crippen LogP contribution in [0, 0.1) is 17.8 Å². The third-order valence-electron chi connectivity index (χ3n) is 4.47. The Morgan fingerprint density at radius 2 is 2.16 bits per heavy atom. The van der Waals surface area contributed by atoms with Gasteiger partial charge >= 0.3 is 5.97 Å². The maximum atomic E-state index is 12.1. The quantitative estimate of drug-likeness (QED) is 0.862. The van der Waals surface area contributed by atoms with E-state index in [4.69, 9.17) is 4.74 Å². The lowest BCUT2D eigenvalue weighted by Crippen LogP contribution is -2.47. The van der Waals surface area contributed by atoms with Crippen LogP contribution in [-0.4, -0.2) is 25.0 Å². The molecule has 0 spiro atoms. The van der Waals surface area contributed by atoms with Gasteiger partial charge in [0.05, 0.1) is 13.0 Å². The average molecular weight is 279 g/mol. The molecule has 19 heavy (non-hydrogen) atoms. The molecule has 2 saturated carbocycles. The van der Waals surface area contributed by atoms with Crippen LogP contribution in [0.25, 0.3) is 0 Å². The molecule has 4 nitrogen and oxygen atoms in total. The molecule has 1 aromatic rings. The lowest BCUT2D eigenvalue weighted by atomic mass is 9.84. The molecule has 4 atom stereocenters. The van der Waals surface area contributed by atoms with E-state index in [1.807, 2.05) is 10.8 Å². The zero-order chi connectivity index (χ0) is 13.4. The Morgan fingerprint density at radius 3 is 2.84 bits per heavy atom. The summed E-state index contributed by atoms with van der Waals surface area (Å²) >= 11 is 1.50. The van der Waals surface area contributed by atoms with Gasteiger partial charge in [0.25, 0.3) is 5.91 Å². The second-order valence-electron chi connectivity index (χ2n) is 5.39. The summed E-state index contributed by atoms with van der Waals surface area (Å²) < 4.78 is 4.90. The van der Waals surface area contributed by atoms with E-state index in [0.717, 1.165) is 19.3 Å². The number of rotatable bonds is 3. The number of ether oxygens (including phenoxy) is 1. The van der Waals surface area contributed by atoms with E-state index < -0.39 is 0 Å². The smallest absolute Gasteiger partial charge is 0.311 e. The van der Waals surface area contributed by atoms with Gasteiger partial charge in [-0.05, 0) is 42.5 Å². The van der Waals surface area contributed by atoms with Crippen LogP contribution in [0.3, 0.4) is 0 Å². The maximum Gasteiger partial charge on any atom is 0.311 e. The van der Waals surface area contributed by atoms with Gasteiger partial charge < -0.3 is 10.1 Å². The zero-order valence-corrected chi connectivity index (χ0v) is 11.6. The standard InChI is InChI=1S/C14H17NO3S/c1-18-14(17)11-8-2-3-9(6-8)12(11)15-13(16)10-4-5-19-7-10/h4-5,7-9,11-12H,2-3,6H2,1H3,(H,15,16)/t8-,9-,11+,12-/m0/s1. The molecule has 1 N–H and O–H groups in total. The van der Waals surface area contributed by atoms with E-state index >= 15 is 0 Å². The van der Waals surface area contributed by atoms with Crippen molar-refractivity contribution in [2.75, 3.05) is 7.11 Å². The highest BCUT2D eigenvalue weighted by Crippen LogP contribution is 2.49. The van der Waals surface area contributed by atoms with Crippen molar-refractivity contribution in [1.29, 1.82) is 0 Å². The van der Waals surface area contributed by atoms with Crippen LogP contribution in [-0.2, 0) is 9.53 Å². The average Bonchev–Trinajstić information content (AvgIpc) is 3.13. The molecule has 3 rings (SSSR count). The summed E-state index contributed by atoms with van der Waals surface area (Å²) in [5, 5.41) is 6.76. The number of nitrogens with one attached hydrogen (secondary N) is 1. The molecule has 2 aliphatic carbocycles. The van der Waals surface area contributed by atoms with Gasteiger partial charge in [0.15, 0.2) is 0 Å². The van der Waals surface area contributed by atoms with E-state index in [1.165, 1.54) is 18.4 Å². The number of amides is 1. The largest absolute Gasteiger partial charge is 0.469 e. The first kappa shape index (κ1) is 12.7. The Labute approximate surface area is 116 Å². The van der Waals surface area contributed by atoms with Crippen molar-refractivity contribution in [1.82, 2.24) is 5.32 Å². The maximum absolute atomic E-state index is 12.1. The Balaban J connectivity index is 1.75. The summed E-state index contributed by atoms with van der Waals surface area (Å²) in [5.74, 6) is 0.392. The highest BCUT2D eigenvalue weighted by molar-refractivity contribution is 7.08. The van der Waals surface area contributed by atoms with Gasteiger partial charge in [-0.2, -0.15) is 11.3 Å². The van der Waals surface area contributed by atoms with Crippen molar-refractivity contribution in [2.24, 2.45) is 17.8 Å². The molecule has 2 aliphatic rings. The first-order valence-electron chi connectivity index (χ1n) is 6.61. The molecule has 2 bridgehead atoms. The predicted molar refractivity (Wildman–Crippen MR) is 71.9 cm³/mol. The Morgan fingerprint density at radius 1 is 1.37 bits per heavy atom. The van der Waals surface area contributed by atoms with E-state index in [1.54, 1.807) is 6.07 Å². The normalized spacial score (nSPS) is 32.3. The number of hydrogen-bond donors (Lipinski definition) is 1. The van der Waals surface area contributed by atoms with Crippen molar-refractivity contribution in [2.45, 2.75) is 25.3 Å². The molecule has 1 heterocycles. The van der Waals surface area contributed by atoms with Crippen molar-refractivity contribution < 1.29 is 14.3 Å². The van der Waals surface area contributed by atoms with Gasteiger partial charge in [-0.15, -0.1) is 0 Å². The van der Waals surface area contributed by atoms with Gasteiger partial charge in [-0.25, -0.2) is 0 Å². The lowest BCUT2D eigenvalue weighted by Gasteiger charge is -2.29. The third-order valence-corrected chi connectivity index (χ3v) is 5.15. The molecule has 1 amide bonds. The van der Waals surface area contributed by atoms with Gasteiger partial charge in [-0.1, -0.05) is 0 Å². The molecule has 0 saturated heterocycles. The fourth-order valence-electron chi connectivity index (χ4n) is 3.60. The summed E-state index contributed by atoms with van der Waals surface area (Å²) in [6.45, 7) is 0. The topological polar surface area (TPSA) is 55.4 Å². The van der Waals surface area contributed by atoms with Crippen molar-refractivity contribution in [3.8, 4) is 0 Å². The minimum Gasteiger partial charge on any atom is -0.469 e. The molecule has 0 aliphatic heterocycles. The number of hydrogen-bond acceptors (Lipinski definition) is 4. The highest BCUT2D eigenvalue weighted by atomic mass is 32.1. The number of esters is 1. The molecule has 5 heteroatoms. The number of methoxy groups -OCH3 is 1. The minimum atomic E-state index is -0.178. The van der Waals surface area contributed by atoms with Crippen molar-refractivity contribution >= 4 is 23.2 Å². The number of carbonyl (C=O) groups excluding carboxylic acids is 2. The third kappa shape index (κ3) is 2.16. The molecule has 2 fully saturated rings. The molecule has 0 aromatic carbocycles. The monoisotopic (exact) mass is 279 g/mol. The van der Waals surface area contributed by atoms with Crippen LogP contribution in [0.2, 0.25) is 0 Å². The summed E-state index contributed by atoms with van der Waals surface area (Å²) in [6, 6.07) is 1.75. The van der Waals surface area contributed by atoms with E-state index in [9.17, 15) is 9.59 Å². The Hall–Kier alpha value is -1.36. The second kappa shape index (κ2) is 4.96. The van der Waals surface area contributed by atoms with Crippen LogP contribution in [0.15, 0.2) is 16.8 Å². The first-order chi connectivity index (χ1) is 9.20. The first-order valence-corrected chi connectivity index (χ1v) is 7.56. The fourth-order valence-corrected chi connectivity index (χ4v) is 4.24. The number of carbonyl (C=O) groups is 2. The van der Waals surface area contributed by atoms with Crippen molar-refractivity contribution in [3.05, 3.63) is 22.4 Å². The van der Waals surface area contributed by atoms with Gasteiger partial charge in [0.1, 0.15) is 0 Å². The lowest BCUT2D eigenvalue weighted by molar-refractivity contribution is -0.148. The van der Waals surface area contributed by atoms with Gasteiger partial charge in [0.2, 0.25) is 0 Å². The molecule has 0 radical (unpaired) electrons. The molecular weight excluding hydrogens is 262 g/mol. The summed E-state index contributed by atoms with van der Waals surface area (Å²) in [7, 11) is 1.42. The van der Waals surface area contributed by atoms with Crippen LogP contribution >= 0.6 is 11.3 Å². The summed E-state index contributed by atoms with van der Waals surface area (Å²) in [4.78, 5) is 24.0. The summed E-state index contributed by atoms with van der Waals surface area (Å²) in [6.07, 6.45) is 3.22. The minimum absolute atomic E-state index is 0.0569. The Bertz CT molecular complexity index is 485. The molecule has 102 valence electrons. The van der Waals surface area contributed by atoms with Gasteiger partial charge in [-0.3, -0.25) is 9.59 Å². The van der Waals surface area contributed by atoms with Crippen LogP contribution in [0.1, 0.15) is 29.6 Å². The zero-order valence-electron chi connectivity index (χ0n) is 10.8. The van der Waals surface area contributed by atoms with Crippen LogP contribution in [0.4, 0.5) is 0 Å². The molecule has 0 unspecified atom stereocenters. The SMILES string of the molecule is COC(=O)[C@@H]1[C@H]2CC[C@@H](C2)[C@@H]1NC(=O)c1ccsc1. The van der Waals surface area contributed by atoms with Crippen molar-refractivity contribution in [3.63, 3.8) is 0 Å². The number of thiophene rings is 1. The predicted octanol–water partition coefficient (Wildman–Crippen LogP) is 2.07. The number of fused-ring (bicyclic) bond motifs is 2. The van der Waals surface area contributed by atoms with Crippen LogP contribution in [0.5, 0.6) is 0 Å². The Kier molecular flexibility index (Phi) is 3.31. The summed E-state index contributed by atoms with van der Waals surface area (Å²) in [5.41, 5.74) is 0.677. The molecule has 1 aromatic heterocycles. The van der Waals surface area contributed by atoms with E-state index in [-0.39, 0.29) is 23.8 Å². The van der Waals surface area contributed by atoms with E-state index in [2.05, 4.69) is 5.32 Å². The van der Waals surface area contributed by atoms with Gasteiger partial charge in [0, 0.05) is 17.0 Å². The fraction of sp³-hybridized carbons (Fsp3) is 0.571. The second-order valence-corrected chi connectivity index (χ2v) is 6.17. The van der Waals surface area contributed by atoms with E-state index in [0.29, 0.717) is 17.4 Å².